The number of benzene rings is 1. The second-order valence-corrected chi connectivity index (χ2v) is 6.89. The first-order valence-electron chi connectivity index (χ1n) is 6.91. The van der Waals surface area contributed by atoms with E-state index in [0.29, 0.717) is 5.92 Å². The summed E-state index contributed by atoms with van der Waals surface area (Å²) in [7, 11) is 0. The van der Waals surface area contributed by atoms with E-state index in [1.54, 1.807) is 11.8 Å². The summed E-state index contributed by atoms with van der Waals surface area (Å²) in [6.07, 6.45) is 1.03. The first-order valence-corrected chi connectivity index (χ1v) is 7.79. The van der Waals surface area contributed by atoms with Gasteiger partial charge in [-0.15, -0.1) is 11.8 Å². The molecule has 1 amide bonds. The molecule has 0 saturated heterocycles. The van der Waals surface area contributed by atoms with Crippen LogP contribution in [0.4, 0.5) is 0 Å². The van der Waals surface area contributed by atoms with Gasteiger partial charge in [0.05, 0.1) is 5.25 Å². The first-order chi connectivity index (χ1) is 8.90. The molecule has 1 aromatic carbocycles. The fourth-order valence-electron chi connectivity index (χ4n) is 1.71. The topological polar surface area (TPSA) is 29.1 Å². The molecule has 106 valence electrons. The van der Waals surface area contributed by atoms with Gasteiger partial charge in [0.2, 0.25) is 5.91 Å². The van der Waals surface area contributed by atoms with Crippen molar-refractivity contribution < 1.29 is 4.79 Å². The lowest BCUT2D eigenvalue weighted by Crippen LogP contribution is -2.32. The van der Waals surface area contributed by atoms with Gasteiger partial charge in [-0.05, 0) is 44.7 Å². The molecule has 1 N–H and O–H groups in total. The van der Waals surface area contributed by atoms with Crippen LogP contribution >= 0.6 is 11.8 Å². The van der Waals surface area contributed by atoms with Crippen molar-refractivity contribution in [2.75, 3.05) is 6.54 Å². The number of carbonyl (C=O) groups is 1. The second-order valence-electron chi connectivity index (χ2n) is 5.50. The number of hydrogen-bond donors (Lipinski definition) is 1. The van der Waals surface area contributed by atoms with Crippen LogP contribution in [-0.4, -0.2) is 17.7 Å². The maximum Gasteiger partial charge on any atom is 0.233 e. The fourth-order valence-corrected chi connectivity index (χ4v) is 2.79. The Morgan fingerprint density at radius 1 is 1.26 bits per heavy atom. The normalized spacial score (nSPS) is 12.5. The molecule has 1 aromatic rings. The Morgan fingerprint density at radius 3 is 2.58 bits per heavy atom. The van der Waals surface area contributed by atoms with Crippen molar-refractivity contribution in [1.29, 1.82) is 0 Å². The van der Waals surface area contributed by atoms with Gasteiger partial charge in [-0.1, -0.05) is 31.5 Å². The zero-order chi connectivity index (χ0) is 14.4. The smallest absolute Gasteiger partial charge is 0.233 e. The monoisotopic (exact) mass is 279 g/mol. The van der Waals surface area contributed by atoms with Crippen LogP contribution in [0.1, 0.15) is 38.3 Å². The van der Waals surface area contributed by atoms with Crippen LogP contribution in [0.15, 0.2) is 23.1 Å². The zero-order valence-corrected chi connectivity index (χ0v) is 13.4. The Bertz CT molecular complexity index is 429. The highest BCUT2D eigenvalue weighted by Gasteiger charge is 2.15. The Balaban J connectivity index is 2.51. The van der Waals surface area contributed by atoms with Crippen molar-refractivity contribution in [3.8, 4) is 0 Å². The average molecular weight is 279 g/mol. The molecule has 0 spiro atoms. The summed E-state index contributed by atoms with van der Waals surface area (Å²) in [6, 6.07) is 6.37. The van der Waals surface area contributed by atoms with Crippen molar-refractivity contribution in [1.82, 2.24) is 5.32 Å². The van der Waals surface area contributed by atoms with Gasteiger partial charge in [-0.25, -0.2) is 0 Å². The quantitative estimate of drug-likeness (QED) is 0.799. The highest BCUT2D eigenvalue weighted by atomic mass is 32.2. The molecule has 0 bridgehead atoms. The van der Waals surface area contributed by atoms with E-state index in [0.717, 1.165) is 13.0 Å². The molecular weight excluding hydrogens is 254 g/mol. The maximum atomic E-state index is 12.0. The van der Waals surface area contributed by atoms with Crippen molar-refractivity contribution in [3.05, 3.63) is 29.3 Å². The van der Waals surface area contributed by atoms with Gasteiger partial charge in [0.15, 0.2) is 0 Å². The third-order valence-corrected chi connectivity index (χ3v) is 4.30. The number of rotatable bonds is 6. The van der Waals surface area contributed by atoms with Gasteiger partial charge >= 0.3 is 0 Å². The van der Waals surface area contributed by atoms with Gasteiger partial charge in [-0.2, -0.15) is 0 Å². The first kappa shape index (κ1) is 16.1. The van der Waals surface area contributed by atoms with E-state index in [4.69, 9.17) is 0 Å². The number of hydrogen-bond acceptors (Lipinski definition) is 2. The molecule has 0 fully saturated rings. The van der Waals surface area contributed by atoms with E-state index in [-0.39, 0.29) is 11.2 Å². The Kier molecular flexibility index (Phi) is 6.43. The molecule has 0 aliphatic rings. The highest BCUT2D eigenvalue weighted by molar-refractivity contribution is 8.00. The number of aryl methyl sites for hydroxylation is 2. The lowest BCUT2D eigenvalue weighted by atomic mass is 10.1. The van der Waals surface area contributed by atoms with Crippen LogP contribution in [0.2, 0.25) is 0 Å². The average Bonchev–Trinajstić information content (AvgIpc) is 2.33. The summed E-state index contributed by atoms with van der Waals surface area (Å²) in [5, 5.41) is 2.96. The molecule has 0 aliphatic heterocycles. The molecule has 1 atom stereocenters. The predicted octanol–water partition coefficient (Wildman–Crippen LogP) is 3.95. The van der Waals surface area contributed by atoms with Crippen molar-refractivity contribution in [2.45, 2.75) is 51.2 Å². The highest BCUT2D eigenvalue weighted by Crippen LogP contribution is 2.27. The van der Waals surface area contributed by atoms with Crippen LogP contribution in [-0.2, 0) is 4.79 Å². The van der Waals surface area contributed by atoms with Crippen molar-refractivity contribution in [2.24, 2.45) is 5.92 Å². The Labute approximate surface area is 121 Å². The Morgan fingerprint density at radius 2 is 1.95 bits per heavy atom. The van der Waals surface area contributed by atoms with Gasteiger partial charge in [-0.3, -0.25) is 4.79 Å². The van der Waals surface area contributed by atoms with E-state index in [2.05, 4.69) is 51.2 Å². The molecule has 0 aliphatic carbocycles. The fraction of sp³-hybridized carbons (Fsp3) is 0.562. The predicted molar refractivity (Wildman–Crippen MR) is 83.7 cm³/mol. The number of amides is 1. The molecule has 0 aromatic heterocycles. The largest absolute Gasteiger partial charge is 0.355 e. The van der Waals surface area contributed by atoms with E-state index in [1.807, 2.05) is 6.92 Å². The number of thioether (sulfide) groups is 1. The van der Waals surface area contributed by atoms with Crippen LogP contribution in [0.5, 0.6) is 0 Å². The van der Waals surface area contributed by atoms with Gasteiger partial charge in [0.25, 0.3) is 0 Å². The molecule has 1 unspecified atom stereocenters. The molecular formula is C16H25NOS. The molecule has 1 rings (SSSR count). The molecule has 0 heterocycles. The summed E-state index contributed by atoms with van der Waals surface area (Å²) in [6.45, 7) is 11.2. The molecule has 3 heteroatoms. The van der Waals surface area contributed by atoms with Gasteiger partial charge < -0.3 is 5.32 Å². The zero-order valence-electron chi connectivity index (χ0n) is 12.6. The van der Waals surface area contributed by atoms with E-state index in [9.17, 15) is 4.79 Å². The molecule has 0 saturated carbocycles. The summed E-state index contributed by atoms with van der Waals surface area (Å²) in [4.78, 5) is 13.2. The van der Waals surface area contributed by atoms with Crippen LogP contribution < -0.4 is 5.32 Å². The minimum absolute atomic E-state index is 0.0485. The van der Waals surface area contributed by atoms with Crippen molar-refractivity contribution >= 4 is 17.7 Å². The minimum atomic E-state index is -0.0485. The Hall–Kier alpha value is -0.960. The molecule has 0 radical (unpaired) electrons. The van der Waals surface area contributed by atoms with Crippen LogP contribution in [0.3, 0.4) is 0 Å². The second kappa shape index (κ2) is 7.59. The lowest BCUT2D eigenvalue weighted by molar-refractivity contribution is -0.120. The van der Waals surface area contributed by atoms with Crippen LogP contribution in [0, 0.1) is 19.8 Å². The molecule has 2 nitrogen and oxygen atoms in total. The molecule has 19 heavy (non-hydrogen) atoms. The third-order valence-electron chi connectivity index (χ3n) is 3.04. The van der Waals surface area contributed by atoms with Gasteiger partial charge in [0, 0.05) is 11.4 Å². The summed E-state index contributed by atoms with van der Waals surface area (Å²) < 4.78 is 0. The van der Waals surface area contributed by atoms with E-state index in [1.165, 1.54) is 16.0 Å². The third kappa shape index (κ3) is 5.68. The van der Waals surface area contributed by atoms with Crippen LogP contribution in [0.25, 0.3) is 0 Å². The summed E-state index contributed by atoms with van der Waals surface area (Å²) in [5.41, 5.74) is 2.47. The minimum Gasteiger partial charge on any atom is -0.355 e. The lowest BCUT2D eigenvalue weighted by Gasteiger charge is -2.14. The number of carbonyl (C=O) groups excluding carboxylic acids is 1. The summed E-state index contributed by atoms with van der Waals surface area (Å²) >= 11 is 1.64. The van der Waals surface area contributed by atoms with Crippen molar-refractivity contribution in [3.63, 3.8) is 0 Å². The maximum absolute atomic E-state index is 12.0. The van der Waals surface area contributed by atoms with E-state index < -0.39 is 0 Å². The SMILES string of the molecule is Cc1ccc(C)c(SC(C)C(=O)NCCC(C)C)c1. The van der Waals surface area contributed by atoms with E-state index >= 15 is 0 Å². The van der Waals surface area contributed by atoms with Gasteiger partial charge in [0.1, 0.15) is 0 Å². The standard InChI is InChI=1S/C16H25NOS/c1-11(2)8-9-17-16(18)14(5)19-15-10-12(3)6-7-13(15)4/h6-7,10-11,14H,8-9H2,1-5H3,(H,17,18). The number of nitrogens with one attached hydrogen (secondary N) is 1. The summed E-state index contributed by atoms with van der Waals surface area (Å²) in [5.74, 6) is 0.758.